The Kier molecular flexibility index (Phi) is 4.72. The molecule has 1 atom stereocenters. The van der Waals surface area contributed by atoms with E-state index in [1.807, 2.05) is 6.92 Å². The maximum Gasteiger partial charge on any atom is 0.124 e. The molecule has 1 unspecified atom stereocenters. The lowest BCUT2D eigenvalue weighted by Crippen LogP contribution is -2.15. The van der Waals surface area contributed by atoms with E-state index >= 15 is 0 Å². The highest BCUT2D eigenvalue weighted by Crippen LogP contribution is 2.35. The van der Waals surface area contributed by atoms with Crippen LogP contribution in [0.2, 0.25) is 0 Å². The fraction of sp³-hybridized carbons (Fsp3) is 0.467. The summed E-state index contributed by atoms with van der Waals surface area (Å²) in [5.74, 6) is 1.89. The lowest BCUT2D eigenvalue weighted by Gasteiger charge is -2.13. The molecule has 1 aliphatic rings. The number of halogens is 1. The molecule has 0 bridgehead atoms. The highest BCUT2D eigenvalue weighted by molar-refractivity contribution is 6.29. The molecule has 104 valence electrons. The van der Waals surface area contributed by atoms with Gasteiger partial charge in [-0.15, -0.1) is 0 Å². The lowest BCUT2D eigenvalue weighted by molar-refractivity contribution is 0.254. The van der Waals surface area contributed by atoms with Crippen LogP contribution in [-0.2, 0) is 13.0 Å². The van der Waals surface area contributed by atoms with Crippen LogP contribution in [0.1, 0.15) is 25.0 Å². The van der Waals surface area contributed by atoms with Gasteiger partial charge in [-0.1, -0.05) is 18.2 Å². The third-order valence-corrected chi connectivity index (χ3v) is 3.14. The highest BCUT2D eigenvalue weighted by atomic mass is 35.5. The molecule has 1 aromatic rings. The van der Waals surface area contributed by atoms with Gasteiger partial charge in [0.15, 0.2) is 0 Å². The van der Waals surface area contributed by atoms with Crippen molar-refractivity contribution in [1.82, 2.24) is 5.32 Å². The zero-order valence-electron chi connectivity index (χ0n) is 11.5. The number of fused-ring (bicyclic) bond motifs is 1. The monoisotopic (exact) mass is 281 g/mol. The Balaban J connectivity index is 2.15. The van der Waals surface area contributed by atoms with Gasteiger partial charge in [0.05, 0.1) is 6.61 Å². The summed E-state index contributed by atoms with van der Waals surface area (Å²) in [6.07, 6.45) is 1.19. The molecule has 1 heterocycles. The summed E-state index contributed by atoms with van der Waals surface area (Å²) in [5, 5.41) is 3.84. The Hall–Kier alpha value is -1.19. The van der Waals surface area contributed by atoms with E-state index in [2.05, 4.69) is 31.0 Å². The number of rotatable bonds is 6. The Bertz CT molecular complexity index is 473. The molecule has 0 spiro atoms. The van der Waals surface area contributed by atoms with E-state index in [1.54, 1.807) is 0 Å². The maximum atomic E-state index is 5.78. The third-order valence-electron chi connectivity index (χ3n) is 3.01. The van der Waals surface area contributed by atoms with Gasteiger partial charge < -0.3 is 14.8 Å². The molecule has 0 fully saturated rings. The van der Waals surface area contributed by atoms with Crippen LogP contribution in [0.3, 0.4) is 0 Å². The van der Waals surface area contributed by atoms with E-state index in [-0.39, 0.29) is 6.10 Å². The van der Waals surface area contributed by atoms with Crippen molar-refractivity contribution in [3.8, 4) is 11.5 Å². The molecule has 1 aromatic carbocycles. The van der Waals surface area contributed by atoms with E-state index in [1.165, 1.54) is 5.56 Å². The average molecular weight is 282 g/mol. The molecule has 1 aliphatic heterocycles. The summed E-state index contributed by atoms with van der Waals surface area (Å²) in [4.78, 5) is 0. The van der Waals surface area contributed by atoms with Gasteiger partial charge >= 0.3 is 0 Å². The molecule has 0 saturated heterocycles. The first kappa shape index (κ1) is 14.2. The second kappa shape index (κ2) is 6.31. The summed E-state index contributed by atoms with van der Waals surface area (Å²) in [5.41, 5.74) is 2.31. The predicted octanol–water partition coefficient (Wildman–Crippen LogP) is 3.25. The van der Waals surface area contributed by atoms with Gasteiger partial charge in [0.1, 0.15) is 17.6 Å². The van der Waals surface area contributed by atoms with Crippen molar-refractivity contribution in [2.24, 2.45) is 0 Å². The first-order chi connectivity index (χ1) is 9.10. The zero-order valence-corrected chi connectivity index (χ0v) is 12.2. The van der Waals surface area contributed by atoms with Gasteiger partial charge in [-0.2, -0.15) is 0 Å². The summed E-state index contributed by atoms with van der Waals surface area (Å²) < 4.78 is 11.5. The minimum absolute atomic E-state index is 0.246. The quantitative estimate of drug-likeness (QED) is 0.868. The Morgan fingerprint density at radius 2 is 2.37 bits per heavy atom. The molecule has 0 aliphatic carbocycles. The summed E-state index contributed by atoms with van der Waals surface area (Å²) >= 11 is 5.74. The van der Waals surface area contributed by atoms with Crippen LogP contribution >= 0.6 is 11.6 Å². The minimum atomic E-state index is 0.246. The molecule has 19 heavy (non-hydrogen) atoms. The van der Waals surface area contributed by atoms with Crippen molar-refractivity contribution < 1.29 is 9.47 Å². The van der Waals surface area contributed by atoms with E-state index in [4.69, 9.17) is 21.1 Å². The Morgan fingerprint density at radius 1 is 1.58 bits per heavy atom. The smallest absolute Gasteiger partial charge is 0.124 e. The fourth-order valence-corrected chi connectivity index (χ4v) is 2.34. The van der Waals surface area contributed by atoms with Crippen molar-refractivity contribution in [2.45, 2.75) is 32.9 Å². The van der Waals surface area contributed by atoms with Crippen molar-refractivity contribution in [3.05, 3.63) is 34.9 Å². The summed E-state index contributed by atoms with van der Waals surface area (Å²) in [7, 11) is 0. The molecule has 0 aromatic heterocycles. The number of nitrogens with one attached hydrogen (secondary N) is 1. The van der Waals surface area contributed by atoms with E-state index in [0.717, 1.165) is 23.5 Å². The van der Waals surface area contributed by atoms with Crippen LogP contribution in [0.25, 0.3) is 0 Å². The van der Waals surface area contributed by atoms with Crippen molar-refractivity contribution in [3.63, 3.8) is 0 Å². The van der Waals surface area contributed by atoms with Crippen molar-refractivity contribution in [2.75, 3.05) is 13.2 Å². The molecule has 4 heteroatoms. The van der Waals surface area contributed by atoms with E-state index in [0.29, 0.717) is 24.7 Å². The van der Waals surface area contributed by atoms with Crippen LogP contribution in [0.15, 0.2) is 23.7 Å². The SMILES string of the molecule is C=C(Cl)CNCc1cc2c(cc1OCC)CC(C)O2. The normalized spacial score (nSPS) is 16.9. The first-order valence-electron chi connectivity index (χ1n) is 6.59. The van der Waals surface area contributed by atoms with E-state index in [9.17, 15) is 0 Å². The summed E-state index contributed by atoms with van der Waals surface area (Å²) in [6.45, 7) is 9.66. The van der Waals surface area contributed by atoms with Gasteiger partial charge in [-0.3, -0.25) is 0 Å². The first-order valence-corrected chi connectivity index (χ1v) is 6.97. The Labute approximate surface area is 119 Å². The standard InChI is InChI=1S/C15H20ClNO2/c1-4-18-14-6-12-5-11(3)19-15(12)7-13(14)9-17-8-10(2)16/h6-7,11,17H,2,4-5,8-9H2,1,3H3. The lowest BCUT2D eigenvalue weighted by atomic mass is 10.1. The van der Waals surface area contributed by atoms with Crippen LogP contribution in [-0.4, -0.2) is 19.3 Å². The van der Waals surface area contributed by atoms with E-state index < -0.39 is 0 Å². The average Bonchev–Trinajstić information content (AvgIpc) is 2.68. The zero-order chi connectivity index (χ0) is 13.8. The van der Waals surface area contributed by atoms with Crippen molar-refractivity contribution in [1.29, 1.82) is 0 Å². The van der Waals surface area contributed by atoms with Crippen molar-refractivity contribution >= 4 is 11.6 Å². The largest absolute Gasteiger partial charge is 0.494 e. The van der Waals surface area contributed by atoms with Crippen LogP contribution in [0.4, 0.5) is 0 Å². The molecule has 0 radical (unpaired) electrons. The second-order valence-corrected chi connectivity index (χ2v) is 5.29. The van der Waals surface area contributed by atoms with Gasteiger partial charge in [0.2, 0.25) is 0 Å². The molecular formula is C15H20ClNO2. The highest BCUT2D eigenvalue weighted by Gasteiger charge is 2.21. The molecule has 0 amide bonds. The van der Waals surface area contributed by atoms with Gasteiger partial charge in [-0.25, -0.2) is 0 Å². The maximum absolute atomic E-state index is 5.78. The fourth-order valence-electron chi connectivity index (χ4n) is 2.24. The van der Waals surface area contributed by atoms with Gasteiger partial charge in [-0.05, 0) is 26.0 Å². The number of hydrogen-bond acceptors (Lipinski definition) is 3. The van der Waals surface area contributed by atoms with Gasteiger partial charge in [0, 0.05) is 35.7 Å². The predicted molar refractivity (Wildman–Crippen MR) is 78.1 cm³/mol. The molecular weight excluding hydrogens is 262 g/mol. The molecule has 1 N–H and O–H groups in total. The topological polar surface area (TPSA) is 30.5 Å². The van der Waals surface area contributed by atoms with Crippen LogP contribution in [0.5, 0.6) is 11.5 Å². The van der Waals surface area contributed by atoms with Crippen LogP contribution in [0, 0.1) is 0 Å². The second-order valence-electron chi connectivity index (χ2n) is 4.75. The number of ether oxygens (including phenoxy) is 2. The Morgan fingerprint density at radius 3 is 3.05 bits per heavy atom. The van der Waals surface area contributed by atoms with Gasteiger partial charge in [0.25, 0.3) is 0 Å². The van der Waals surface area contributed by atoms with Crippen LogP contribution < -0.4 is 14.8 Å². The minimum Gasteiger partial charge on any atom is -0.494 e. The molecule has 2 rings (SSSR count). The molecule has 0 saturated carbocycles. The number of hydrogen-bond donors (Lipinski definition) is 1. The third kappa shape index (κ3) is 3.64. The number of benzene rings is 1. The summed E-state index contributed by atoms with van der Waals surface area (Å²) in [6, 6.07) is 4.16. The molecule has 3 nitrogen and oxygen atoms in total.